The molecule has 0 bridgehead atoms. The molecule has 0 aliphatic rings. The van der Waals surface area contributed by atoms with Crippen LogP contribution in [0, 0.1) is 12.7 Å². The highest BCUT2D eigenvalue weighted by atomic mass is 79.9. The minimum atomic E-state index is -0.319. The summed E-state index contributed by atoms with van der Waals surface area (Å²) in [5.41, 5.74) is 1.71. The van der Waals surface area contributed by atoms with Gasteiger partial charge in [0.25, 0.3) is 0 Å². The molecule has 0 aliphatic carbocycles. The van der Waals surface area contributed by atoms with Gasteiger partial charge in [0.05, 0.1) is 9.99 Å². The van der Waals surface area contributed by atoms with Crippen LogP contribution in [0.2, 0.25) is 0 Å². The van der Waals surface area contributed by atoms with E-state index in [2.05, 4.69) is 20.9 Å². The van der Waals surface area contributed by atoms with Crippen LogP contribution in [-0.2, 0) is 0 Å². The maximum Gasteiger partial charge on any atom is 0.168 e. The van der Waals surface area contributed by atoms with Crippen LogP contribution in [0.1, 0.15) is 16.1 Å². The minimum Gasteiger partial charge on any atom is -0.296 e. The molecule has 0 aliphatic heterocycles. The van der Waals surface area contributed by atoms with Crippen LogP contribution in [0.25, 0.3) is 10.9 Å². The zero-order valence-electron chi connectivity index (χ0n) is 7.92. The first-order valence-electron chi connectivity index (χ1n) is 4.34. The van der Waals surface area contributed by atoms with Crippen LogP contribution >= 0.6 is 15.9 Å². The number of nitrogens with zero attached hydrogens (tertiary/aromatic N) is 1. The maximum absolute atomic E-state index is 13.3. The predicted molar refractivity (Wildman–Crippen MR) is 59.5 cm³/mol. The Bertz CT molecular complexity index is 554. The zero-order chi connectivity index (χ0) is 11.0. The molecule has 0 radical (unpaired) electrons. The van der Waals surface area contributed by atoms with E-state index in [1.54, 1.807) is 19.1 Å². The third-order valence-electron chi connectivity index (χ3n) is 2.20. The van der Waals surface area contributed by atoms with E-state index in [1.165, 1.54) is 6.07 Å². The Labute approximate surface area is 94.3 Å². The molecule has 2 aromatic rings. The molecule has 0 unspecified atom stereocenters. The molecular formula is C11H7BrFNO. The van der Waals surface area contributed by atoms with E-state index in [0.29, 0.717) is 27.4 Å². The highest BCUT2D eigenvalue weighted by molar-refractivity contribution is 9.10. The Hall–Kier alpha value is -1.29. The summed E-state index contributed by atoms with van der Waals surface area (Å²) in [6.07, 6.45) is 0.677. The molecule has 15 heavy (non-hydrogen) atoms. The first-order valence-corrected chi connectivity index (χ1v) is 5.13. The summed E-state index contributed by atoms with van der Waals surface area (Å²) < 4.78 is 13.7. The van der Waals surface area contributed by atoms with Gasteiger partial charge in [0.15, 0.2) is 6.29 Å². The van der Waals surface area contributed by atoms with Gasteiger partial charge in [-0.3, -0.25) is 4.79 Å². The average Bonchev–Trinajstić information content (AvgIpc) is 2.25. The highest BCUT2D eigenvalue weighted by Crippen LogP contribution is 2.28. The molecule has 76 valence electrons. The van der Waals surface area contributed by atoms with Crippen LogP contribution < -0.4 is 0 Å². The topological polar surface area (TPSA) is 30.0 Å². The number of aryl methyl sites for hydroxylation is 1. The maximum atomic E-state index is 13.3. The van der Waals surface area contributed by atoms with E-state index < -0.39 is 0 Å². The Morgan fingerprint density at radius 2 is 2.20 bits per heavy atom. The quantitative estimate of drug-likeness (QED) is 0.743. The Morgan fingerprint density at radius 3 is 2.87 bits per heavy atom. The number of pyridine rings is 1. The van der Waals surface area contributed by atoms with E-state index in [0.717, 1.165) is 5.56 Å². The Kier molecular flexibility index (Phi) is 2.52. The number of fused-ring (bicyclic) bond motifs is 1. The monoisotopic (exact) mass is 267 g/mol. The van der Waals surface area contributed by atoms with Gasteiger partial charge in [-0.15, -0.1) is 0 Å². The fourth-order valence-corrected chi connectivity index (χ4v) is 1.90. The molecule has 1 aromatic carbocycles. The summed E-state index contributed by atoms with van der Waals surface area (Å²) in [5.74, 6) is -0.319. The molecule has 0 amide bonds. The zero-order valence-corrected chi connectivity index (χ0v) is 9.51. The SMILES string of the molecule is Cc1cc(F)c(Br)c2ccc(C=O)nc12. The Balaban J connectivity index is 2.89. The normalized spacial score (nSPS) is 10.6. The van der Waals surface area contributed by atoms with Gasteiger partial charge in [-0.1, -0.05) is 0 Å². The average molecular weight is 268 g/mol. The summed E-state index contributed by atoms with van der Waals surface area (Å²) in [4.78, 5) is 14.7. The van der Waals surface area contributed by atoms with Crippen molar-refractivity contribution in [3.63, 3.8) is 0 Å². The van der Waals surface area contributed by atoms with Crippen molar-refractivity contribution in [3.05, 3.63) is 39.7 Å². The van der Waals surface area contributed by atoms with Gasteiger partial charge in [0, 0.05) is 5.39 Å². The lowest BCUT2D eigenvalue weighted by Gasteiger charge is -2.05. The lowest BCUT2D eigenvalue weighted by atomic mass is 10.1. The summed E-state index contributed by atoms with van der Waals surface area (Å²) in [5, 5.41) is 0.679. The number of aromatic nitrogens is 1. The van der Waals surface area contributed by atoms with Crippen molar-refractivity contribution in [2.45, 2.75) is 6.92 Å². The molecule has 2 rings (SSSR count). The molecule has 0 saturated carbocycles. The molecule has 4 heteroatoms. The van der Waals surface area contributed by atoms with Gasteiger partial charge < -0.3 is 0 Å². The minimum absolute atomic E-state index is 0.319. The largest absolute Gasteiger partial charge is 0.296 e. The highest BCUT2D eigenvalue weighted by Gasteiger charge is 2.09. The molecule has 0 saturated heterocycles. The molecule has 0 atom stereocenters. The molecule has 2 nitrogen and oxygen atoms in total. The standard InChI is InChI=1S/C11H7BrFNO/c1-6-4-9(13)10(12)8-3-2-7(5-15)14-11(6)8/h2-5H,1H3. The number of halogens is 2. The van der Waals surface area contributed by atoms with Gasteiger partial charge in [-0.2, -0.15) is 0 Å². The van der Waals surface area contributed by atoms with Crippen molar-refractivity contribution < 1.29 is 9.18 Å². The van der Waals surface area contributed by atoms with Crippen molar-refractivity contribution in [2.75, 3.05) is 0 Å². The van der Waals surface area contributed by atoms with Crippen LogP contribution in [0.3, 0.4) is 0 Å². The molecule has 0 spiro atoms. The second-order valence-electron chi connectivity index (χ2n) is 3.24. The predicted octanol–water partition coefficient (Wildman–Crippen LogP) is 3.26. The number of rotatable bonds is 1. The smallest absolute Gasteiger partial charge is 0.168 e. The number of hydrogen-bond acceptors (Lipinski definition) is 2. The first kappa shape index (κ1) is 10.2. The van der Waals surface area contributed by atoms with Gasteiger partial charge in [0.2, 0.25) is 0 Å². The van der Waals surface area contributed by atoms with E-state index in [-0.39, 0.29) is 5.82 Å². The molecule has 0 fully saturated rings. The van der Waals surface area contributed by atoms with Gasteiger partial charge in [-0.25, -0.2) is 9.37 Å². The first-order chi connectivity index (χ1) is 7.13. The van der Waals surface area contributed by atoms with Crippen LogP contribution in [0.15, 0.2) is 22.7 Å². The van der Waals surface area contributed by atoms with E-state index in [4.69, 9.17) is 0 Å². The van der Waals surface area contributed by atoms with Crippen molar-refractivity contribution >= 4 is 33.1 Å². The van der Waals surface area contributed by atoms with Crippen LogP contribution in [0.4, 0.5) is 4.39 Å². The second-order valence-corrected chi connectivity index (χ2v) is 4.03. The lowest BCUT2D eigenvalue weighted by molar-refractivity contribution is 0.111. The van der Waals surface area contributed by atoms with Crippen LogP contribution in [-0.4, -0.2) is 11.3 Å². The third kappa shape index (κ3) is 1.65. The number of hydrogen-bond donors (Lipinski definition) is 0. The molecule has 0 N–H and O–H groups in total. The van der Waals surface area contributed by atoms with Gasteiger partial charge >= 0.3 is 0 Å². The number of aldehydes is 1. The second kappa shape index (κ2) is 3.70. The molecular weight excluding hydrogens is 261 g/mol. The Morgan fingerprint density at radius 1 is 1.47 bits per heavy atom. The van der Waals surface area contributed by atoms with Crippen molar-refractivity contribution in [2.24, 2.45) is 0 Å². The summed E-state index contributed by atoms with van der Waals surface area (Å²) >= 11 is 3.16. The third-order valence-corrected chi connectivity index (χ3v) is 3.01. The van der Waals surface area contributed by atoms with E-state index in [1.807, 2.05) is 0 Å². The fourth-order valence-electron chi connectivity index (χ4n) is 1.47. The lowest BCUT2D eigenvalue weighted by Crippen LogP contribution is -1.92. The van der Waals surface area contributed by atoms with E-state index >= 15 is 0 Å². The number of benzene rings is 1. The van der Waals surface area contributed by atoms with Gasteiger partial charge in [0.1, 0.15) is 11.5 Å². The number of carbonyl (C=O) groups is 1. The number of carbonyl (C=O) groups excluding carboxylic acids is 1. The van der Waals surface area contributed by atoms with E-state index in [9.17, 15) is 9.18 Å². The summed E-state index contributed by atoms with van der Waals surface area (Å²) in [6.45, 7) is 1.76. The van der Waals surface area contributed by atoms with Crippen LogP contribution in [0.5, 0.6) is 0 Å². The molecule has 1 aromatic heterocycles. The fraction of sp³-hybridized carbons (Fsp3) is 0.0909. The van der Waals surface area contributed by atoms with Gasteiger partial charge in [-0.05, 0) is 46.6 Å². The van der Waals surface area contributed by atoms with Crippen molar-refractivity contribution in [1.82, 2.24) is 4.98 Å². The molecule has 1 heterocycles. The van der Waals surface area contributed by atoms with Crippen molar-refractivity contribution in [3.8, 4) is 0 Å². The summed E-state index contributed by atoms with van der Waals surface area (Å²) in [6, 6.07) is 4.65. The summed E-state index contributed by atoms with van der Waals surface area (Å²) in [7, 11) is 0. The van der Waals surface area contributed by atoms with Crippen molar-refractivity contribution in [1.29, 1.82) is 0 Å².